The number of nitrogens with one attached hydrogen (secondary N) is 4. The molecule has 55 heavy (non-hydrogen) atoms. The molecule has 280 valence electrons. The number of rotatable bonds is 7. The van der Waals surface area contributed by atoms with Crippen LogP contribution in [0.1, 0.15) is 77.8 Å². The predicted molar refractivity (Wildman–Crippen MR) is 221 cm³/mol. The van der Waals surface area contributed by atoms with Gasteiger partial charge in [0.15, 0.2) is 5.82 Å². The van der Waals surface area contributed by atoms with E-state index in [2.05, 4.69) is 86.3 Å². The highest BCUT2D eigenvalue weighted by Gasteiger charge is 2.40. The molecule has 3 aromatic carbocycles. The van der Waals surface area contributed by atoms with Crippen LogP contribution in [0.15, 0.2) is 97.3 Å². The first-order valence-electron chi connectivity index (χ1n) is 19.2. The molecule has 0 spiro atoms. The summed E-state index contributed by atoms with van der Waals surface area (Å²) in [6.07, 6.45) is 10.5. The predicted octanol–water partition coefficient (Wildman–Crippen LogP) is 8.79. The van der Waals surface area contributed by atoms with E-state index in [4.69, 9.17) is 28.2 Å². The number of carbonyl (C=O) groups is 2. The summed E-state index contributed by atoms with van der Waals surface area (Å²) in [6, 6.07) is 26.0. The zero-order valence-electron chi connectivity index (χ0n) is 30.6. The van der Waals surface area contributed by atoms with Crippen LogP contribution in [0.3, 0.4) is 0 Å². The number of amides is 2. The number of pyridine rings is 1. The van der Waals surface area contributed by atoms with E-state index in [9.17, 15) is 9.59 Å². The lowest BCUT2D eigenvalue weighted by Gasteiger charge is -2.39. The fourth-order valence-corrected chi connectivity index (χ4v) is 9.28. The highest BCUT2D eigenvalue weighted by molar-refractivity contribution is 6.32. The molecule has 0 radical (unpaired) electrons. The largest absolute Gasteiger partial charge is 0.355 e. The molecule has 0 bridgehead atoms. The SMILES string of the molecule is CC1CC=CN2C(=C1c1ccccc1)c1c(C(=O)Nc3cccnc3N3CCC(NC(=O)C4CCCN4)CC3)[nH]c3cc(Cl)cc(c13)C2c1ccc(Cl)cc1. The number of aromatic amines is 1. The van der Waals surface area contributed by atoms with E-state index in [1.165, 1.54) is 5.57 Å². The molecule has 4 N–H and O–H groups in total. The maximum atomic E-state index is 14.8. The van der Waals surface area contributed by atoms with Gasteiger partial charge >= 0.3 is 0 Å². The van der Waals surface area contributed by atoms with Crippen LogP contribution >= 0.6 is 23.2 Å². The lowest BCUT2D eigenvalue weighted by molar-refractivity contribution is -0.123. The number of aromatic nitrogens is 2. The quantitative estimate of drug-likeness (QED) is 0.132. The van der Waals surface area contributed by atoms with Crippen molar-refractivity contribution < 1.29 is 9.59 Å². The van der Waals surface area contributed by atoms with E-state index in [-0.39, 0.29) is 35.9 Å². The van der Waals surface area contributed by atoms with Crippen molar-refractivity contribution >= 4 is 68.7 Å². The lowest BCUT2D eigenvalue weighted by atomic mass is 9.82. The molecular weight excluding hydrogens is 729 g/mol. The zero-order chi connectivity index (χ0) is 37.6. The molecule has 0 aliphatic carbocycles. The van der Waals surface area contributed by atoms with E-state index >= 15 is 0 Å². The van der Waals surface area contributed by atoms with Crippen molar-refractivity contribution in [2.75, 3.05) is 29.9 Å². The summed E-state index contributed by atoms with van der Waals surface area (Å²) in [4.78, 5) is 40.5. The van der Waals surface area contributed by atoms with Gasteiger partial charge in [0.25, 0.3) is 5.91 Å². The highest BCUT2D eigenvalue weighted by atomic mass is 35.5. The molecule has 4 aliphatic heterocycles. The van der Waals surface area contributed by atoms with Crippen molar-refractivity contribution in [3.05, 3.63) is 135 Å². The number of nitrogens with zero attached hydrogens (tertiary/aromatic N) is 3. The number of carbonyl (C=O) groups excluding carboxylic acids is 2. The van der Waals surface area contributed by atoms with Gasteiger partial charge in [0, 0.05) is 58.0 Å². The number of allylic oxidation sites excluding steroid dienone is 2. The number of halogens is 2. The van der Waals surface area contributed by atoms with Crippen LogP contribution in [0.25, 0.3) is 22.2 Å². The van der Waals surface area contributed by atoms with Crippen LogP contribution in [0.4, 0.5) is 11.5 Å². The van der Waals surface area contributed by atoms with Crippen LogP contribution in [-0.4, -0.2) is 58.4 Å². The molecule has 11 heteroatoms. The first-order valence-corrected chi connectivity index (χ1v) is 20.0. The molecule has 3 unspecified atom stereocenters. The van der Waals surface area contributed by atoms with Gasteiger partial charge in [0.2, 0.25) is 5.91 Å². The molecule has 2 saturated heterocycles. The Labute approximate surface area is 330 Å². The van der Waals surface area contributed by atoms with E-state index in [0.717, 1.165) is 77.5 Å². The first kappa shape index (κ1) is 35.6. The number of H-pyrrole nitrogens is 1. The van der Waals surface area contributed by atoms with Crippen LogP contribution in [0, 0.1) is 5.92 Å². The van der Waals surface area contributed by atoms with Gasteiger partial charge in [-0.15, -0.1) is 0 Å². The Morgan fingerprint density at radius 2 is 1.73 bits per heavy atom. The molecule has 5 aromatic rings. The normalized spacial score (nSPS) is 21.1. The summed E-state index contributed by atoms with van der Waals surface area (Å²) in [5.74, 6) is 0.701. The molecule has 9 rings (SSSR count). The second-order valence-electron chi connectivity index (χ2n) is 15.1. The standard InChI is InChI=1S/C44H43Cl2N7O2/c1-26-8-7-21-53-40(28-13-15-29(45)16-14-28)32-24-30(46)25-35-37(32)38(41(53)36(26)27-9-3-2-4-10-27)39(50-35)44(55)51-33-11-5-20-48-42(33)52-22-17-31(18-23-52)49-43(54)34-12-6-19-47-34/h2-5,7,9-11,13-16,20-21,24-26,31,34,40,47,50H,6,8,12,17-19,22-23H2,1H3,(H,49,54)(H,51,55). The molecule has 3 atom stereocenters. The molecule has 2 fully saturated rings. The van der Waals surface area contributed by atoms with Gasteiger partial charge < -0.3 is 30.7 Å². The van der Waals surface area contributed by atoms with Crippen LogP contribution in [0.5, 0.6) is 0 Å². The third-order valence-corrected chi connectivity index (χ3v) is 12.0. The van der Waals surface area contributed by atoms with E-state index in [1.54, 1.807) is 6.20 Å². The van der Waals surface area contributed by atoms with Crippen molar-refractivity contribution in [2.24, 2.45) is 5.92 Å². The van der Waals surface area contributed by atoms with Gasteiger partial charge in [-0.2, -0.15) is 0 Å². The Hall–Kier alpha value is -5.09. The minimum absolute atomic E-state index is 0.0928. The maximum absolute atomic E-state index is 14.8. The summed E-state index contributed by atoms with van der Waals surface area (Å²) in [5.41, 5.74) is 8.07. The maximum Gasteiger partial charge on any atom is 0.272 e. The highest BCUT2D eigenvalue weighted by Crippen LogP contribution is 2.53. The Morgan fingerprint density at radius 1 is 0.927 bits per heavy atom. The number of piperidine rings is 1. The topological polar surface area (TPSA) is 105 Å². The monoisotopic (exact) mass is 771 g/mol. The minimum Gasteiger partial charge on any atom is -0.355 e. The van der Waals surface area contributed by atoms with E-state index in [0.29, 0.717) is 40.3 Å². The molecule has 9 nitrogen and oxygen atoms in total. The average Bonchev–Trinajstić information content (AvgIpc) is 3.84. The number of fused-ring (bicyclic) bond motifs is 2. The van der Waals surface area contributed by atoms with Crippen LogP contribution in [0.2, 0.25) is 10.0 Å². The van der Waals surface area contributed by atoms with Gasteiger partial charge in [-0.05, 0) is 103 Å². The number of hydrogen-bond acceptors (Lipinski definition) is 6. The molecule has 2 aromatic heterocycles. The third-order valence-electron chi connectivity index (χ3n) is 11.5. The van der Waals surface area contributed by atoms with Crippen molar-refractivity contribution in [3.63, 3.8) is 0 Å². The minimum atomic E-state index is -0.264. The molecule has 0 saturated carbocycles. The molecule has 6 heterocycles. The smallest absolute Gasteiger partial charge is 0.272 e. The summed E-state index contributed by atoms with van der Waals surface area (Å²) in [7, 11) is 0. The van der Waals surface area contributed by atoms with Crippen LogP contribution < -0.4 is 20.9 Å². The van der Waals surface area contributed by atoms with E-state index in [1.807, 2.05) is 42.5 Å². The third kappa shape index (κ3) is 6.68. The summed E-state index contributed by atoms with van der Waals surface area (Å²) in [6.45, 7) is 4.56. The van der Waals surface area contributed by atoms with Gasteiger partial charge in [-0.1, -0.05) is 78.7 Å². The molecule has 4 aliphatic rings. The van der Waals surface area contributed by atoms with Crippen molar-refractivity contribution in [1.82, 2.24) is 25.5 Å². The molecular formula is C44H43Cl2N7O2. The average molecular weight is 773 g/mol. The van der Waals surface area contributed by atoms with Crippen molar-refractivity contribution in [2.45, 2.75) is 57.2 Å². The summed E-state index contributed by atoms with van der Waals surface area (Å²) < 4.78 is 0. The fourth-order valence-electron chi connectivity index (χ4n) is 8.92. The van der Waals surface area contributed by atoms with Gasteiger partial charge in [0.05, 0.1) is 23.5 Å². The second-order valence-corrected chi connectivity index (χ2v) is 15.9. The second kappa shape index (κ2) is 14.9. The van der Waals surface area contributed by atoms with Gasteiger partial charge in [0.1, 0.15) is 5.69 Å². The van der Waals surface area contributed by atoms with Crippen LogP contribution in [-0.2, 0) is 4.79 Å². The van der Waals surface area contributed by atoms with Crippen molar-refractivity contribution in [1.29, 1.82) is 0 Å². The summed E-state index contributed by atoms with van der Waals surface area (Å²) >= 11 is 13.3. The Bertz CT molecular complexity index is 2320. The number of benzene rings is 3. The van der Waals surface area contributed by atoms with E-state index < -0.39 is 0 Å². The Kier molecular flexibility index (Phi) is 9.62. The lowest BCUT2D eigenvalue weighted by Crippen LogP contribution is -2.49. The fraction of sp³-hybridized carbons (Fsp3) is 0.295. The number of hydrogen-bond donors (Lipinski definition) is 4. The number of anilines is 2. The van der Waals surface area contributed by atoms with Gasteiger partial charge in [-0.3, -0.25) is 9.59 Å². The molecule has 2 amide bonds. The van der Waals surface area contributed by atoms with Gasteiger partial charge in [-0.25, -0.2) is 4.98 Å². The zero-order valence-corrected chi connectivity index (χ0v) is 32.1. The Morgan fingerprint density at radius 3 is 2.49 bits per heavy atom. The summed E-state index contributed by atoms with van der Waals surface area (Å²) in [5, 5.41) is 12.0. The van der Waals surface area contributed by atoms with Crippen molar-refractivity contribution in [3.8, 4) is 0 Å². The Balaban J connectivity index is 1.12. The first-order chi connectivity index (χ1) is 26.8.